The van der Waals surface area contributed by atoms with Crippen molar-refractivity contribution in [2.45, 2.75) is 46.6 Å². The molecule has 0 aliphatic carbocycles. The maximum Gasteiger partial charge on any atom is 0.460 e. The van der Waals surface area contributed by atoms with Gasteiger partial charge >= 0.3 is 46.6 Å². The lowest BCUT2D eigenvalue weighted by Crippen LogP contribution is -2.60. The quantitative estimate of drug-likeness (QED) is 0.182. The lowest BCUT2D eigenvalue weighted by molar-refractivity contribution is -0.381. The van der Waals surface area contributed by atoms with E-state index in [4.69, 9.17) is 0 Å². The zero-order chi connectivity index (χ0) is 38.5. The molecule has 0 bridgehead atoms. The van der Waals surface area contributed by atoms with Crippen LogP contribution in [0, 0.1) is 0 Å². The van der Waals surface area contributed by atoms with Crippen LogP contribution in [0.4, 0.5) is 79.0 Å². The van der Waals surface area contributed by atoms with Crippen molar-refractivity contribution >= 4 is 35.7 Å². The molecule has 2 amide bonds. The Hall–Kier alpha value is -2.48. The van der Waals surface area contributed by atoms with E-state index < -0.39 is 135 Å². The number of carbonyl (C=O) groups excluding carboxylic acids is 2. The second-order valence-corrected chi connectivity index (χ2v) is 13.0. The lowest BCUT2D eigenvalue weighted by Gasteiger charge is -2.38. The van der Waals surface area contributed by atoms with Crippen molar-refractivity contribution in [2.75, 3.05) is 52.4 Å². The van der Waals surface area contributed by atoms with Crippen molar-refractivity contribution in [1.29, 1.82) is 0 Å². The Morgan fingerprint density at radius 2 is 0.660 bits per heavy atom. The molecule has 1 aromatic rings. The van der Waals surface area contributed by atoms with Gasteiger partial charge in [-0.2, -0.15) is 79.0 Å². The second-order valence-electron chi connectivity index (χ2n) is 10.5. The van der Waals surface area contributed by atoms with E-state index >= 15 is 0 Å². The molecule has 1 aromatic carbocycles. The van der Waals surface area contributed by atoms with Crippen LogP contribution in [0.25, 0.3) is 0 Å². The minimum atomic E-state index is -7.07. The molecule has 2 aliphatic rings. The summed E-state index contributed by atoms with van der Waals surface area (Å²) in [6.45, 7) is -4.61. The minimum Gasteiger partial charge on any atom is -0.336 e. The normalized spacial score (nSPS) is 18.8. The van der Waals surface area contributed by atoms with Crippen LogP contribution in [0.1, 0.15) is 20.7 Å². The second kappa shape index (κ2) is 13.8. The van der Waals surface area contributed by atoms with Gasteiger partial charge in [-0.1, -0.05) is 0 Å². The van der Waals surface area contributed by atoms with Gasteiger partial charge in [0.2, 0.25) is 0 Å². The van der Waals surface area contributed by atoms with Gasteiger partial charge in [0, 0.05) is 87.4 Å². The molecule has 0 aromatic heterocycles. The number of hydrogen-bond donors (Lipinski definition) is 0. The predicted octanol–water partition coefficient (Wildman–Crippen LogP) is 7.35. The van der Waals surface area contributed by atoms with Crippen LogP contribution in [0.5, 0.6) is 0 Å². The van der Waals surface area contributed by atoms with E-state index in [1.54, 1.807) is 0 Å². The number of carbonyl (C=O) groups is 2. The number of halogens is 18. The molecule has 0 saturated carbocycles. The van der Waals surface area contributed by atoms with Crippen molar-refractivity contribution in [3.05, 3.63) is 35.4 Å². The van der Waals surface area contributed by atoms with Gasteiger partial charge in [0.05, 0.1) is 0 Å². The molecule has 0 unspecified atom stereocenters. The van der Waals surface area contributed by atoms with Crippen LogP contribution in [0.15, 0.2) is 24.3 Å². The first kappa shape index (κ1) is 41.9. The average molecular weight is 803 g/mol. The fraction of sp³-hybridized carbons (Fsp3) is 0.667. The van der Waals surface area contributed by atoms with Crippen molar-refractivity contribution in [2.24, 2.45) is 0 Å². The molecular formula is C24H20F18N4O2S2. The fourth-order valence-electron chi connectivity index (χ4n) is 4.25. The SMILES string of the molecule is O=C(c1ccc(C(=O)N2CCN(SC(F)(F)C(F)(F)C(F)(F)C(F)(F)F)CC2)cc1)N1CCN(SC(F)(F)C(F)(F)C(F)(F)C(F)(F)F)CC1. The molecule has 286 valence electrons. The third-order valence-electron chi connectivity index (χ3n) is 7.15. The van der Waals surface area contributed by atoms with Crippen LogP contribution in [-0.2, 0) is 0 Å². The van der Waals surface area contributed by atoms with Gasteiger partial charge in [0.1, 0.15) is 0 Å². The van der Waals surface area contributed by atoms with Gasteiger partial charge < -0.3 is 9.80 Å². The highest BCUT2D eigenvalue weighted by molar-refractivity contribution is 7.98. The highest BCUT2D eigenvalue weighted by atomic mass is 32.2. The molecule has 6 nitrogen and oxygen atoms in total. The highest BCUT2D eigenvalue weighted by Gasteiger charge is 2.83. The van der Waals surface area contributed by atoms with Gasteiger partial charge in [-0.05, 0) is 24.3 Å². The first-order valence-corrected chi connectivity index (χ1v) is 14.9. The molecule has 2 heterocycles. The Morgan fingerprint density at radius 3 is 0.880 bits per heavy atom. The van der Waals surface area contributed by atoms with Crippen molar-refractivity contribution in [3.63, 3.8) is 0 Å². The molecule has 0 N–H and O–H groups in total. The largest absolute Gasteiger partial charge is 0.460 e. The summed E-state index contributed by atoms with van der Waals surface area (Å²) in [5.41, 5.74) is -0.270. The van der Waals surface area contributed by atoms with Gasteiger partial charge in [0.15, 0.2) is 0 Å². The van der Waals surface area contributed by atoms with Crippen molar-refractivity contribution in [1.82, 2.24) is 18.4 Å². The number of benzene rings is 1. The highest BCUT2D eigenvalue weighted by Crippen LogP contribution is 2.58. The van der Waals surface area contributed by atoms with E-state index in [0.29, 0.717) is 8.61 Å². The lowest BCUT2D eigenvalue weighted by atomic mass is 10.1. The number of hydrogen-bond acceptors (Lipinski definition) is 6. The minimum absolute atomic E-state index is 0.135. The Kier molecular flexibility index (Phi) is 11.6. The number of rotatable bonds is 10. The number of piperazine rings is 2. The summed E-state index contributed by atoms with van der Waals surface area (Å²) in [6.07, 6.45) is -14.0. The Labute approximate surface area is 277 Å². The molecule has 0 spiro atoms. The third kappa shape index (κ3) is 7.80. The maximum absolute atomic E-state index is 13.9. The number of nitrogens with zero attached hydrogens (tertiary/aromatic N) is 4. The molecule has 0 atom stereocenters. The molecule has 2 fully saturated rings. The van der Waals surface area contributed by atoms with Gasteiger partial charge in [-0.25, -0.2) is 8.61 Å². The van der Waals surface area contributed by atoms with Crippen molar-refractivity contribution < 1.29 is 88.6 Å². The van der Waals surface area contributed by atoms with Crippen LogP contribution >= 0.6 is 23.9 Å². The molecular weight excluding hydrogens is 782 g/mol. The van der Waals surface area contributed by atoms with Crippen LogP contribution in [-0.4, -0.2) is 129 Å². The number of alkyl halides is 18. The fourth-order valence-corrected chi connectivity index (χ4v) is 6.07. The van der Waals surface area contributed by atoms with Crippen LogP contribution in [0.3, 0.4) is 0 Å². The smallest absolute Gasteiger partial charge is 0.336 e. The van der Waals surface area contributed by atoms with Gasteiger partial charge in [0.25, 0.3) is 11.8 Å². The van der Waals surface area contributed by atoms with Gasteiger partial charge in [-0.15, -0.1) is 0 Å². The van der Waals surface area contributed by atoms with E-state index in [1.807, 2.05) is 0 Å². The number of amides is 2. The summed E-state index contributed by atoms with van der Waals surface area (Å²) in [7, 11) is 0. The summed E-state index contributed by atoms with van der Waals surface area (Å²) >= 11 is -2.50. The summed E-state index contributed by atoms with van der Waals surface area (Å²) in [5, 5.41) is -11.8. The topological polar surface area (TPSA) is 47.1 Å². The first-order chi connectivity index (χ1) is 22.4. The van der Waals surface area contributed by atoms with Crippen LogP contribution in [0.2, 0.25) is 0 Å². The summed E-state index contributed by atoms with van der Waals surface area (Å²) in [6, 6.07) is 4.33. The molecule has 2 aliphatic heterocycles. The first-order valence-electron chi connectivity index (χ1n) is 13.4. The Morgan fingerprint density at radius 1 is 0.420 bits per heavy atom. The van der Waals surface area contributed by atoms with Crippen molar-refractivity contribution in [3.8, 4) is 0 Å². The molecule has 26 heteroatoms. The van der Waals surface area contributed by atoms with E-state index in [-0.39, 0.29) is 11.1 Å². The molecule has 50 heavy (non-hydrogen) atoms. The zero-order valence-electron chi connectivity index (χ0n) is 24.2. The Bertz CT molecular complexity index is 1270. The average Bonchev–Trinajstić information content (AvgIpc) is 2.99. The van der Waals surface area contributed by atoms with E-state index in [9.17, 15) is 88.6 Å². The van der Waals surface area contributed by atoms with E-state index in [1.165, 1.54) is 0 Å². The predicted molar refractivity (Wildman–Crippen MR) is 138 cm³/mol. The van der Waals surface area contributed by atoms with E-state index in [2.05, 4.69) is 0 Å². The van der Waals surface area contributed by atoms with E-state index in [0.717, 1.165) is 34.1 Å². The summed E-state index contributed by atoms with van der Waals surface area (Å²) in [5.74, 6) is -29.4. The molecule has 2 saturated heterocycles. The monoisotopic (exact) mass is 802 g/mol. The molecule has 3 rings (SSSR count). The van der Waals surface area contributed by atoms with Gasteiger partial charge in [-0.3, -0.25) is 9.59 Å². The van der Waals surface area contributed by atoms with Crippen LogP contribution < -0.4 is 0 Å². The summed E-state index contributed by atoms with van der Waals surface area (Å²) < 4.78 is 237. The molecule has 0 radical (unpaired) electrons. The third-order valence-corrected chi connectivity index (χ3v) is 9.37. The standard InChI is InChI=1S/C24H20F18N4O2S2/c25-17(26,21(33,34)35)19(29,30)23(39,40)49-45-9-5-43(6-10-45)15(47)13-1-2-14(4-3-13)16(48)44-7-11-46(12-8-44)50-24(41,42)20(31,32)18(27,28)22(36,37)38/h1-4H,5-12H2. The maximum atomic E-state index is 13.9. The zero-order valence-corrected chi connectivity index (χ0v) is 25.8. The Balaban J connectivity index is 1.54. The summed E-state index contributed by atoms with van der Waals surface area (Å²) in [4.78, 5) is 27.6.